The van der Waals surface area contributed by atoms with Crippen molar-refractivity contribution in [3.63, 3.8) is 0 Å². The first-order chi connectivity index (χ1) is 8.76. The number of nitrogens with zero attached hydrogens (tertiary/aromatic N) is 3. The van der Waals surface area contributed by atoms with Gasteiger partial charge in [-0.25, -0.2) is 0 Å². The van der Waals surface area contributed by atoms with Gasteiger partial charge in [-0.1, -0.05) is 11.6 Å². The molecule has 0 saturated heterocycles. The standard InChI is InChI=1S/C12H21N5O/c1-3-18-10-7-9(12(10)5-4-6-12)13-8(2)11-14-16-17-15-11/h8-10,13H,3-7H2,1-2H3,(H,14,15,16,17). The Morgan fingerprint density at radius 2 is 2.39 bits per heavy atom. The van der Waals surface area contributed by atoms with E-state index in [2.05, 4.69) is 39.8 Å². The largest absolute Gasteiger partial charge is 0.378 e. The summed E-state index contributed by atoms with van der Waals surface area (Å²) in [7, 11) is 0. The number of rotatable bonds is 5. The fourth-order valence-electron chi connectivity index (χ4n) is 3.40. The van der Waals surface area contributed by atoms with Gasteiger partial charge >= 0.3 is 0 Å². The lowest BCUT2D eigenvalue weighted by Crippen LogP contribution is -2.67. The van der Waals surface area contributed by atoms with Gasteiger partial charge in [0.25, 0.3) is 0 Å². The van der Waals surface area contributed by atoms with E-state index in [9.17, 15) is 0 Å². The summed E-state index contributed by atoms with van der Waals surface area (Å²) in [6.45, 7) is 4.99. The quantitative estimate of drug-likeness (QED) is 0.822. The molecule has 0 radical (unpaired) electrons. The van der Waals surface area contributed by atoms with E-state index in [1.807, 2.05) is 0 Å². The zero-order valence-electron chi connectivity index (χ0n) is 11.0. The molecule has 18 heavy (non-hydrogen) atoms. The molecule has 6 heteroatoms. The fraction of sp³-hybridized carbons (Fsp3) is 0.917. The minimum Gasteiger partial charge on any atom is -0.378 e. The second kappa shape index (κ2) is 4.59. The summed E-state index contributed by atoms with van der Waals surface area (Å²) in [5, 5.41) is 17.8. The fourth-order valence-corrected chi connectivity index (χ4v) is 3.40. The van der Waals surface area contributed by atoms with Crippen LogP contribution in [0.2, 0.25) is 0 Å². The van der Waals surface area contributed by atoms with Crippen LogP contribution in [0.5, 0.6) is 0 Å². The first-order valence-electron chi connectivity index (χ1n) is 6.87. The van der Waals surface area contributed by atoms with Crippen molar-refractivity contribution in [2.24, 2.45) is 5.41 Å². The molecule has 1 aromatic rings. The number of H-pyrrole nitrogens is 1. The molecule has 2 fully saturated rings. The Morgan fingerprint density at radius 3 is 2.94 bits per heavy atom. The van der Waals surface area contributed by atoms with E-state index in [-0.39, 0.29) is 6.04 Å². The number of ether oxygens (including phenoxy) is 1. The normalized spacial score (nSPS) is 30.8. The monoisotopic (exact) mass is 251 g/mol. The molecule has 100 valence electrons. The summed E-state index contributed by atoms with van der Waals surface area (Å²) in [6, 6.07) is 0.685. The Kier molecular flexibility index (Phi) is 3.07. The van der Waals surface area contributed by atoms with Crippen LogP contribution in [0.4, 0.5) is 0 Å². The molecule has 0 aliphatic heterocycles. The van der Waals surface area contributed by atoms with Gasteiger partial charge in [-0.05, 0) is 33.1 Å². The van der Waals surface area contributed by atoms with E-state index >= 15 is 0 Å². The first-order valence-corrected chi connectivity index (χ1v) is 6.87. The summed E-state index contributed by atoms with van der Waals surface area (Å²) in [5.41, 5.74) is 0.383. The Bertz CT molecular complexity index is 389. The Balaban J connectivity index is 1.61. The molecule has 2 saturated carbocycles. The molecule has 0 aromatic carbocycles. The van der Waals surface area contributed by atoms with Crippen LogP contribution in [-0.2, 0) is 4.74 Å². The highest BCUT2D eigenvalue weighted by atomic mass is 16.5. The van der Waals surface area contributed by atoms with Gasteiger partial charge in [-0.15, -0.1) is 10.2 Å². The number of tetrazole rings is 1. The van der Waals surface area contributed by atoms with Gasteiger partial charge in [0.2, 0.25) is 0 Å². The average Bonchev–Trinajstić information content (AvgIpc) is 2.78. The van der Waals surface area contributed by atoms with Crippen molar-refractivity contribution < 1.29 is 4.74 Å². The number of hydrogen-bond donors (Lipinski definition) is 2. The first kappa shape index (κ1) is 12.0. The number of nitrogens with one attached hydrogen (secondary N) is 2. The van der Waals surface area contributed by atoms with Gasteiger partial charge in [0.15, 0.2) is 5.82 Å². The average molecular weight is 251 g/mol. The summed E-state index contributed by atoms with van der Waals surface area (Å²) < 4.78 is 5.85. The van der Waals surface area contributed by atoms with Crippen molar-refractivity contribution in [1.82, 2.24) is 25.9 Å². The predicted molar refractivity (Wildman–Crippen MR) is 65.8 cm³/mol. The van der Waals surface area contributed by atoms with Gasteiger partial charge in [-0.2, -0.15) is 5.21 Å². The molecule has 3 unspecified atom stereocenters. The van der Waals surface area contributed by atoms with E-state index < -0.39 is 0 Å². The van der Waals surface area contributed by atoms with Crippen molar-refractivity contribution in [1.29, 1.82) is 0 Å². The third kappa shape index (κ3) is 1.75. The molecule has 0 amide bonds. The number of aromatic amines is 1. The minimum atomic E-state index is 0.147. The number of aromatic nitrogens is 4. The molecular formula is C12H21N5O. The minimum absolute atomic E-state index is 0.147. The van der Waals surface area contributed by atoms with Crippen LogP contribution in [0.3, 0.4) is 0 Å². The maximum atomic E-state index is 5.85. The third-order valence-corrected chi connectivity index (χ3v) is 4.64. The second-order valence-corrected chi connectivity index (χ2v) is 5.48. The van der Waals surface area contributed by atoms with Crippen LogP contribution < -0.4 is 5.32 Å². The third-order valence-electron chi connectivity index (χ3n) is 4.64. The maximum Gasteiger partial charge on any atom is 0.191 e. The van der Waals surface area contributed by atoms with Gasteiger partial charge in [0.05, 0.1) is 12.1 Å². The zero-order chi connectivity index (χ0) is 12.6. The lowest BCUT2D eigenvalue weighted by atomic mass is 9.51. The van der Waals surface area contributed by atoms with Crippen LogP contribution in [0, 0.1) is 5.41 Å². The van der Waals surface area contributed by atoms with Crippen LogP contribution >= 0.6 is 0 Å². The summed E-state index contributed by atoms with van der Waals surface area (Å²) >= 11 is 0. The van der Waals surface area contributed by atoms with Crippen LogP contribution in [0.25, 0.3) is 0 Å². The molecule has 2 aliphatic carbocycles. The van der Waals surface area contributed by atoms with Crippen LogP contribution in [0.15, 0.2) is 0 Å². The zero-order valence-corrected chi connectivity index (χ0v) is 11.0. The predicted octanol–water partition coefficient (Wildman–Crippen LogP) is 1.20. The Hall–Kier alpha value is -1.01. The number of hydrogen-bond acceptors (Lipinski definition) is 5. The molecular weight excluding hydrogens is 230 g/mol. The second-order valence-electron chi connectivity index (χ2n) is 5.48. The highest BCUT2D eigenvalue weighted by Crippen LogP contribution is 2.57. The van der Waals surface area contributed by atoms with Gasteiger partial charge in [0, 0.05) is 18.1 Å². The van der Waals surface area contributed by atoms with E-state index in [0.29, 0.717) is 17.6 Å². The molecule has 1 aromatic heterocycles. The molecule has 1 heterocycles. The lowest BCUT2D eigenvalue weighted by molar-refractivity contribution is -0.174. The maximum absolute atomic E-state index is 5.85. The van der Waals surface area contributed by atoms with Crippen molar-refractivity contribution in [2.75, 3.05) is 6.61 Å². The molecule has 2 N–H and O–H groups in total. The SMILES string of the molecule is CCOC1CC(NC(C)c2nn[nH]n2)C12CCC2. The van der Waals surface area contributed by atoms with Gasteiger partial charge in [0.1, 0.15) is 0 Å². The summed E-state index contributed by atoms with van der Waals surface area (Å²) in [6.07, 6.45) is 5.46. The highest BCUT2D eigenvalue weighted by Gasteiger charge is 2.58. The van der Waals surface area contributed by atoms with Crippen molar-refractivity contribution >= 4 is 0 Å². The summed E-state index contributed by atoms with van der Waals surface area (Å²) in [5.74, 6) is 0.740. The van der Waals surface area contributed by atoms with E-state index in [1.165, 1.54) is 19.3 Å². The van der Waals surface area contributed by atoms with Crippen molar-refractivity contribution in [3.05, 3.63) is 5.82 Å². The highest BCUT2D eigenvalue weighted by molar-refractivity contribution is 5.13. The van der Waals surface area contributed by atoms with Gasteiger partial charge < -0.3 is 10.1 Å². The molecule has 6 nitrogen and oxygen atoms in total. The molecule has 1 spiro atoms. The molecule has 3 atom stereocenters. The van der Waals surface area contributed by atoms with Crippen LogP contribution in [-0.4, -0.2) is 39.4 Å². The van der Waals surface area contributed by atoms with E-state index in [0.717, 1.165) is 18.9 Å². The summed E-state index contributed by atoms with van der Waals surface area (Å²) in [4.78, 5) is 0. The van der Waals surface area contributed by atoms with E-state index in [1.54, 1.807) is 0 Å². The van der Waals surface area contributed by atoms with Crippen molar-refractivity contribution in [3.8, 4) is 0 Å². The Labute approximate surface area is 107 Å². The van der Waals surface area contributed by atoms with Gasteiger partial charge in [-0.3, -0.25) is 0 Å². The van der Waals surface area contributed by atoms with Crippen molar-refractivity contribution in [2.45, 2.75) is 57.7 Å². The lowest BCUT2D eigenvalue weighted by Gasteiger charge is -2.61. The molecule has 0 bridgehead atoms. The topological polar surface area (TPSA) is 75.7 Å². The van der Waals surface area contributed by atoms with E-state index in [4.69, 9.17) is 4.74 Å². The molecule has 3 rings (SSSR count). The molecule has 2 aliphatic rings. The smallest absolute Gasteiger partial charge is 0.191 e. The Morgan fingerprint density at radius 1 is 1.56 bits per heavy atom. The van der Waals surface area contributed by atoms with Crippen LogP contribution in [0.1, 0.15) is 51.4 Å².